The SMILES string of the molecule is Cl.N[C@@H]1CCC[C@H]1CC(=O)NC(C1CC1)C1CC1. The van der Waals surface area contributed by atoms with E-state index in [4.69, 9.17) is 5.73 Å². The Hall–Kier alpha value is -0.280. The normalized spacial score (nSPS) is 31.2. The maximum Gasteiger partial charge on any atom is 0.220 e. The lowest BCUT2D eigenvalue weighted by molar-refractivity contribution is -0.123. The first kappa shape index (κ1) is 14.1. The van der Waals surface area contributed by atoms with E-state index in [-0.39, 0.29) is 24.4 Å². The minimum Gasteiger partial charge on any atom is -0.353 e. The first-order chi connectivity index (χ1) is 8.24. The molecule has 3 fully saturated rings. The van der Waals surface area contributed by atoms with E-state index in [1.807, 2.05) is 0 Å². The molecule has 0 spiro atoms. The van der Waals surface area contributed by atoms with Crippen LogP contribution in [0, 0.1) is 17.8 Å². The molecule has 0 saturated heterocycles. The van der Waals surface area contributed by atoms with Gasteiger partial charge in [0.2, 0.25) is 5.91 Å². The Labute approximate surface area is 116 Å². The van der Waals surface area contributed by atoms with Gasteiger partial charge >= 0.3 is 0 Å². The van der Waals surface area contributed by atoms with Gasteiger partial charge in [-0.25, -0.2) is 0 Å². The summed E-state index contributed by atoms with van der Waals surface area (Å²) in [5.74, 6) is 2.29. The molecule has 3 saturated carbocycles. The maximum absolute atomic E-state index is 12.1. The van der Waals surface area contributed by atoms with Gasteiger partial charge in [-0.15, -0.1) is 12.4 Å². The highest BCUT2D eigenvalue weighted by atomic mass is 35.5. The number of nitrogens with two attached hydrogens (primary N) is 1. The Bertz CT molecular complexity index is 290. The molecule has 3 aliphatic carbocycles. The fourth-order valence-corrected chi connectivity index (χ4v) is 3.33. The van der Waals surface area contributed by atoms with Crippen molar-refractivity contribution >= 4 is 18.3 Å². The second-order valence-corrected chi connectivity index (χ2v) is 6.33. The molecule has 0 unspecified atom stereocenters. The van der Waals surface area contributed by atoms with E-state index >= 15 is 0 Å². The van der Waals surface area contributed by atoms with Crippen LogP contribution in [0.25, 0.3) is 0 Å². The van der Waals surface area contributed by atoms with Crippen molar-refractivity contribution in [1.29, 1.82) is 0 Å². The average molecular weight is 273 g/mol. The molecule has 18 heavy (non-hydrogen) atoms. The van der Waals surface area contributed by atoms with Crippen LogP contribution in [0.1, 0.15) is 51.4 Å². The van der Waals surface area contributed by atoms with Crippen molar-refractivity contribution in [3.05, 3.63) is 0 Å². The van der Waals surface area contributed by atoms with Gasteiger partial charge in [-0.3, -0.25) is 4.79 Å². The zero-order valence-electron chi connectivity index (χ0n) is 10.9. The van der Waals surface area contributed by atoms with Crippen molar-refractivity contribution in [1.82, 2.24) is 5.32 Å². The first-order valence-corrected chi connectivity index (χ1v) is 7.29. The Morgan fingerprint density at radius 1 is 1.11 bits per heavy atom. The lowest BCUT2D eigenvalue weighted by atomic mass is 9.99. The van der Waals surface area contributed by atoms with Crippen LogP contribution in [-0.4, -0.2) is 18.0 Å². The van der Waals surface area contributed by atoms with Crippen LogP contribution in [0.2, 0.25) is 0 Å². The Kier molecular flexibility index (Phi) is 4.54. The summed E-state index contributed by atoms with van der Waals surface area (Å²) in [6.07, 6.45) is 9.41. The third-order valence-corrected chi connectivity index (χ3v) is 4.75. The number of hydrogen-bond acceptors (Lipinski definition) is 2. The molecule has 4 heteroatoms. The minimum absolute atomic E-state index is 0. The molecule has 2 atom stereocenters. The van der Waals surface area contributed by atoms with Gasteiger partial charge in [0.05, 0.1) is 0 Å². The van der Waals surface area contributed by atoms with Gasteiger partial charge in [-0.1, -0.05) is 6.42 Å². The second kappa shape index (κ2) is 5.79. The zero-order valence-corrected chi connectivity index (χ0v) is 11.8. The molecule has 0 radical (unpaired) electrons. The maximum atomic E-state index is 12.1. The number of rotatable bonds is 5. The largest absolute Gasteiger partial charge is 0.353 e. The van der Waals surface area contributed by atoms with Crippen LogP contribution in [0.15, 0.2) is 0 Å². The highest BCUT2D eigenvalue weighted by molar-refractivity contribution is 5.85. The molecular formula is C14H25ClN2O. The van der Waals surface area contributed by atoms with Crippen molar-refractivity contribution in [2.45, 2.75) is 63.5 Å². The molecule has 104 valence electrons. The van der Waals surface area contributed by atoms with E-state index in [0.717, 1.165) is 24.7 Å². The number of nitrogens with one attached hydrogen (secondary N) is 1. The predicted octanol–water partition coefficient (Wildman–Crippen LogP) is 2.23. The fraction of sp³-hybridized carbons (Fsp3) is 0.929. The van der Waals surface area contributed by atoms with E-state index in [1.165, 1.54) is 32.1 Å². The van der Waals surface area contributed by atoms with E-state index in [0.29, 0.717) is 18.4 Å². The Balaban J connectivity index is 0.00000120. The minimum atomic E-state index is 0. The molecule has 3 N–H and O–H groups in total. The molecular weight excluding hydrogens is 248 g/mol. The number of hydrogen-bond donors (Lipinski definition) is 2. The second-order valence-electron chi connectivity index (χ2n) is 6.33. The van der Waals surface area contributed by atoms with Crippen LogP contribution < -0.4 is 11.1 Å². The smallest absolute Gasteiger partial charge is 0.220 e. The molecule has 0 aliphatic heterocycles. The van der Waals surface area contributed by atoms with E-state index in [2.05, 4.69) is 5.32 Å². The van der Waals surface area contributed by atoms with Crippen molar-refractivity contribution in [2.75, 3.05) is 0 Å². The average Bonchev–Trinajstić information content (AvgIpc) is 3.19. The molecule has 0 aromatic rings. The van der Waals surface area contributed by atoms with Crippen LogP contribution in [0.5, 0.6) is 0 Å². The molecule has 0 aromatic carbocycles. The monoisotopic (exact) mass is 272 g/mol. The van der Waals surface area contributed by atoms with E-state index in [1.54, 1.807) is 0 Å². The van der Waals surface area contributed by atoms with Crippen LogP contribution >= 0.6 is 12.4 Å². The van der Waals surface area contributed by atoms with Gasteiger partial charge in [-0.2, -0.15) is 0 Å². The topological polar surface area (TPSA) is 55.1 Å². The zero-order chi connectivity index (χ0) is 11.8. The number of carbonyl (C=O) groups is 1. The summed E-state index contributed by atoms with van der Waals surface area (Å²) in [4.78, 5) is 12.1. The molecule has 3 aliphatic rings. The van der Waals surface area contributed by atoms with E-state index in [9.17, 15) is 4.79 Å². The van der Waals surface area contributed by atoms with Crippen molar-refractivity contribution < 1.29 is 4.79 Å². The fourth-order valence-electron chi connectivity index (χ4n) is 3.33. The van der Waals surface area contributed by atoms with Gasteiger partial charge in [0, 0.05) is 18.5 Å². The lowest BCUT2D eigenvalue weighted by Crippen LogP contribution is -2.40. The summed E-state index contributed by atoms with van der Waals surface area (Å²) in [5.41, 5.74) is 6.02. The lowest BCUT2D eigenvalue weighted by Gasteiger charge is -2.20. The quantitative estimate of drug-likeness (QED) is 0.806. The molecule has 0 aromatic heterocycles. The van der Waals surface area contributed by atoms with Gasteiger partial charge in [0.15, 0.2) is 0 Å². The molecule has 0 bridgehead atoms. The molecule has 3 nitrogen and oxygen atoms in total. The number of amides is 1. The summed E-state index contributed by atoms with van der Waals surface area (Å²) < 4.78 is 0. The summed E-state index contributed by atoms with van der Waals surface area (Å²) in [6.45, 7) is 0. The van der Waals surface area contributed by atoms with Crippen LogP contribution in [-0.2, 0) is 4.79 Å². The summed E-state index contributed by atoms with van der Waals surface area (Å²) >= 11 is 0. The number of carbonyl (C=O) groups excluding carboxylic acids is 1. The van der Waals surface area contributed by atoms with Crippen molar-refractivity contribution in [2.24, 2.45) is 23.5 Å². The van der Waals surface area contributed by atoms with E-state index < -0.39 is 0 Å². The van der Waals surface area contributed by atoms with Crippen molar-refractivity contribution in [3.63, 3.8) is 0 Å². The summed E-state index contributed by atoms with van der Waals surface area (Å²) in [6, 6.07) is 0.765. The van der Waals surface area contributed by atoms with Gasteiger partial charge in [0.1, 0.15) is 0 Å². The van der Waals surface area contributed by atoms with Crippen LogP contribution in [0.3, 0.4) is 0 Å². The Morgan fingerprint density at radius 2 is 1.72 bits per heavy atom. The van der Waals surface area contributed by atoms with Crippen molar-refractivity contribution in [3.8, 4) is 0 Å². The van der Waals surface area contributed by atoms with Crippen LogP contribution in [0.4, 0.5) is 0 Å². The van der Waals surface area contributed by atoms with Gasteiger partial charge in [-0.05, 0) is 56.3 Å². The van der Waals surface area contributed by atoms with Gasteiger partial charge in [0.25, 0.3) is 0 Å². The number of halogens is 1. The molecule has 0 heterocycles. The standard InChI is InChI=1S/C14H24N2O.ClH/c15-12-3-1-2-11(12)8-13(17)16-14(9-4-5-9)10-6-7-10;/h9-12,14H,1-8,15H2,(H,16,17);1H/t11-,12+;/m0./s1. The highest BCUT2D eigenvalue weighted by Crippen LogP contribution is 2.44. The Morgan fingerprint density at radius 3 is 2.17 bits per heavy atom. The summed E-state index contributed by atoms with van der Waals surface area (Å²) in [5, 5.41) is 3.29. The molecule has 1 amide bonds. The molecule has 3 rings (SSSR count). The first-order valence-electron chi connectivity index (χ1n) is 7.29. The predicted molar refractivity (Wildman–Crippen MR) is 74.6 cm³/mol. The highest BCUT2D eigenvalue weighted by Gasteiger charge is 2.42. The third-order valence-electron chi connectivity index (χ3n) is 4.75. The third kappa shape index (κ3) is 3.39. The summed E-state index contributed by atoms with van der Waals surface area (Å²) in [7, 11) is 0. The van der Waals surface area contributed by atoms with Gasteiger partial charge < -0.3 is 11.1 Å².